The average Bonchev–Trinajstić information content (AvgIpc) is 3.37. The summed E-state index contributed by atoms with van der Waals surface area (Å²) in [4.78, 5) is 23.5. The number of carbonyl (C=O) groups excluding carboxylic acids is 2. The van der Waals surface area contributed by atoms with E-state index in [2.05, 4.69) is 5.32 Å². The highest BCUT2D eigenvalue weighted by Crippen LogP contribution is 3.02. The number of anilines is 1. The van der Waals surface area contributed by atoms with Gasteiger partial charge in [-0.1, -0.05) is 49.2 Å². The monoisotopic (exact) mass is 619 g/mol. The maximum Gasteiger partial charge on any atom is 0.310 e. The Labute approximate surface area is 226 Å². The smallest absolute Gasteiger partial charge is 0.310 e. The van der Waals surface area contributed by atoms with Gasteiger partial charge >= 0.3 is 10.2 Å². The molecule has 0 radical (unpaired) electrons. The van der Waals surface area contributed by atoms with E-state index >= 15 is 0 Å². The highest BCUT2D eigenvalue weighted by molar-refractivity contribution is 8.45. The fourth-order valence-corrected chi connectivity index (χ4v) is 5.67. The van der Waals surface area contributed by atoms with E-state index in [9.17, 15) is 37.8 Å². The molecule has 4 rings (SSSR count). The molecule has 1 aliphatic rings. The Morgan fingerprint density at radius 2 is 1.53 bits per heavy atom. The van der Waals surface area contributed by atoms with Crippen molar-refractivity contribution >= 4 is 62.4 Å². The maximum absolute atomic E-state index is 13.9. The minimum atomic E-state index is -9.88. The van der Waals surface area contributed by atoms with Crippen LogP contribution in [-0.2, 0) is 11.2 Å². The fourth-order valence-electron chi connectivity index (χ4n) is 3.97. The summed E-state index contributed by atoms with van der Waals surface area (Å²) in [5.41, 5.74) is -0.0366. The zero-order chi connectivity index (χ0) is 28.3. The zero-order valence-electron chi connectivity index (χ0n) is 18.6. The first-order valence-electron chi connectivity index (χ1n) is 10.6. The average molecular weight is 621 g/mol. The van der Waals surface area contributed by atoms with Gasteiger partial charge in [-0.15, -0.1) is 23.2 Å². The lowest BCUT2D eigenvalue weighted by molar-refractivity contribution is -0.117. The second kappa shape index (κ2) is 8.77. The summed E-state index contributed by atoms with van der Waals surface area (Å²) < 4.78 is 90.3. The molecule has 2 atom stereocenters. The van der Waals surface area contributed by atoms with Gasteiger partial charge in [-0.05, 0) is 47.5 Å². The molecular weight excluding hydrogens is 606 g/mol. The number of ketones is 1. The molecule has 3 aromatic rings. The van der Waals surface area contributed by atoms with Crippen molar-refractivity contribution in [3.05, 3.63) is 94.0 Å². The van der Waals surface area contributed by atoms with Crippen molar-refractivity contribution < 1.29 is 37.8 Å². The largest absolute Gasteiger partial charge is 0.326 e. The number of nitrogens with one attached hydrogen (secondary N) is 1. The molecule has 3 aromatic carbocycles. The minimum absolute atomic E-state index is 0.00658. The van der Waals surface area contributed by atoms with Crippen molar-refractivity contribution in [3.63, 3.8) is 0 Å². The number of hydrogen-bond acceptors (Lipinski definition) is 2. The molecule has 204 valence electrons. The van der Waals surface area contributed by atoms with E-state index in [1.807, 2.05) is 0 Å². The molecule has 3 nitrogen and oxygen atoms in total. The molecule has 1 aliphatic carbocycles. The SMILES string of the molecule is O=C(Cc1ccc(F)cc1F)c1cc(NC(=O)C2C(c3ccc(S(F)(F)(F)(F)F)cc3)C2(Cl)Cl)ccc1Cl. The Bertz CT molecular complexity index is 1470. The van der Waals surface area contributed by atoms with Crippen LogP contribution in [0, 0.1) is 17.6 Å². The molecule has 0 heterocycles. The molecular formula is C24H15Cl3F7NO2S. The lowest BCUT2D eigenvalue weighted by Crippen LogP contribution is -2.17. The zero-order valence-corrected chi connectivity index (χ0v) is 21.7. The normalized spacial score (nSPS) is 20.3. The number of carbonyl (C=O) groups is 2. The van der Waals surface area contributed by atoms with Gasteiger partial charge < -0.3 is 5.32 Å². The van der Waals surface area contributed by atoms with E-state index in [1.54, 1.807) is 0 Å². The van der Waals surface area contributed by atoms with Gasteiger partial charge in [0, 0.05) is 29.7 Å². The van der Waals surface area contributed by atoms with Crippen molar-refractivity contribution in [2.24, 2.45) is 5.92 Å². The highest BCUT2D eigenvalue weighted by atomic mass is 35.5. The predicted octanol–water partition coefficient (Wildman–Crippen LogP) is 9.23. The molecule has 1 N–H and O–H groups in total. The number of alkyl halides is 2. The van der Waals surface area contributed by atoms with Crippen LogP contribution >= 0.6 is 45.0 Å². The summed E-state index contributed by atoms with van der Waals surface area (Å²) in [5, 5.41) is 2.47. The second-order valence-corrected chi connectivity index (χ2v) is 12.9. The topological polar surface area (TPSA) is 46.2 Å². The minimum Gasteiger partial charge on any atom is -0.326 e. The van der Waals surface area contributed by atoms with Crippen LogP contribution in [0.4, 0.5) is 33.9 Å². The summed E-state index contributed by atoms with van der Waals surface area (Å²) in [6.07, 6.45) is -0.449. The molecule has 38 heavy (non-hydrogen) atoms. The van der Waals surface area contributed by atoms with E-state index in [4.69, 9.17) is 34.8 Å². The number of Topliss-reactive ketones (excluding diaryl/α,β-unsaturated/α-hetero) is 1. The quantitative estimate of drug-likeness (QED) is 0.163. The lowest BCUT2D eigenvalue weighted by Gasteiger charge is -2.40. The van der Waals surface area contributed by atoms with E-state index in [1.165, 1.54) is 18.2 Å². The summed E-state index contributed by atoms with van der Waals surface area (Å²) >= 11 is 18.4. The number of hydrogen-bond donors (Lipinski definition) is 1. The molecule has 1 saturated carbocycles. The van der Waals surface area contributed by atoms with Gasteiger partial charge in [-0.3, -0.25) is 9.59 Å². The Kier molecular flexibility index (Phi) is 6.59. The van der Waals surface area contributed by atoms with E-state index in [0.717, 1.165) is 24.3 Å². The lowest BCUT2D eigenvalue weighted by atomic mass is 10.0. The van der Waals surface area contributed by atoms with Gasteiger partial charge in [0.05, 0.1) is 10.9 Å². The molecule has 2 unspecified atom stereocenters. The molecule has 0 saturated heterocycles. The highest BCUT2D eigenvalue weighted by Gasteiger charge is 2.68. The van der Waals surface area contributed by atoms with Crippen LogP contribution in [0.1, 0.15) is 27.4 Å². The van der Waals surface area contributed by atoms with Gasteiger partial charge in [0.25, 0.3) is 0 Å². The standard InChI is InChI=1S/C24H15Cl3F7NO2S/c25-18-8-5-15(11-17(18)20(36)9-13-1-4-14(28)10-19(13)29)35-23(37)22-21(24(22,26)27)12-2-6-16(7-3-12)38(30,31,32,33)34/h1-8,10-11,21-22H,9H2,(H,35,37). The summed E-state index contributed by atoms with van der Waals surface area (Å²) in [6, 6.07) is 8.55. The summed E-state index contributed by atoms with van der Waals surface area (Å²) in [5.74, 6) is -5.30. The van der Waals surface area contributed by atoms with Crippen LogP contribution in [0.15, 0.2) is 65.6 Å². The van der Waals surface area contributed by atoms with Gasteiger partial charge in [0.15, 0.2) is 5.78 Å². The predicted molar refractivity (Wildman–Crippen MR) is 133 cm³/mol. The first kappa shape index (κ1) is 28.5. The Morgan fingerprint density at radius 1 is 0.895 bits per heavy atom. The summed E-state index contributed by atoms with van der Waals surface area (Å²) in [6.45, 7) is 0. The third-order valence-corrected chi connectivity index (χ3v) is 8.35. The van der Waals surface area contributed by atoms with Crippen molar-refractivity contribution in [1.82, 2.24) is 0 Å². The van der Waals surface area contributed by atoms with Crippen LogP contribution in [0.3, 0.4) is 0 Å². The van der Waals surface area contributed by atoms with Crippen LogP contribution in [0.2, 0.25) is 5.02 Å². The van der Waals surface area contributed by atoms with E-state index in [0.29, 0.717) is 6.07 Å². The number of amides is 1. The number of halogens is 10. The third kappa shape index (κ3) is 5.90. The third-order valence-electron chi connectivity index (χ3n) is 5.92. The van der Waals surface area contributed by atoms with Crippen LogP contribution in [0.5, 0.6) is 0 Å². The first-order valence-corrected chi connectivity index (χ1v) is 13.7. The molecule has 0 aliphatic heterocycles. The summed E-state index contributed by atoms with van der Waals surface area (Å²) in [7, 11) is -9.88. The van der Waals surface area contributed by atoms with Crippen molar-refractivity contribution in [3.8, 4) is 0 Å². The first-order chi connectivity index (χ1) is 17.3. The van der Waals surface area contributed by atoms with Crippen LogP contribution in [-0.4, -0.2) is 16.0 Å². The van der Waals surface area contributed by atoms with Crippen LogP contribution in [0.25, 0.3) is 0 Å². The van der Waals surface area contributed by atoms with Gasteiger partial charge in [0.1, 0.15) is 20.9 Å². The maximum atomic E-state index is 13.9. The van der Waals surface area contributed by atoms with Crippen molar-refractivity contribution in [1.29, 1.82) is 0 Å². The Morgan fingerprint density at radius 3 is 2.11 bits per heavy atom. The molecule has 0 spiro atoms. The van der Waals surface area contributed by atoms with Gasteiger partial charge in [0.2, 0.25) is 5.91 Å². The molecule has 14 heteroatoms. The number of rotatable bonds is 7. The fraction of sp³-hybridized carbons (Fsp3) is 0.167. The Balaban J connectivity index is 1.50. The number of benzene rings is 3. The molecule has 0 bridgehead atoms. The Hall–Kier alpha value is -2.47. The molecule has 0 aromatic heterocycles. The van der Waals surface area contributed by atoms with Crippen LogP contribution < -0.4 is 5.32 Å². The van der Waals surface area contributed by atoms with Crippen molar-refractivity contribution in [2.75, 3.05) is 5.32 Å². The molecule has 1 amide bonds. The van der Waals surface area contributed by atoms with E-state index < -0.39 is 61.0 Å². The van der Waals surface area contributed by atoms with E-state index in [-0.39, 0.29) is 39.5 Å². The van der Waals surface area contributed by atoms with Gasteiger partial charge in [-0.25, -0.2) is 8.78 Å². The second-order valence-electron chi connectivity index (χ2n) is 8.69. The van der Waals surface area contributed by atoms with Crippen molar-refractivity contribution in [2.45, 2.75) is 21.6 Å². The molecule has 1 fully saturated rings. The van der Waals surface area contributed by atoms with Gasteiger partial charge in [-0.2, -0.15) is 0 Å².